The van der Waals surface area contributed by atoms with Crippen molar-refractivity contribution >= 4 is 32.8 Å². The molecule has 3 aliphatic rings. The van der Waals surface area contributed by atoms with Crippen molar-refractivity contribution in [3.63, 3.8) is 0 Å². The molecule has 2 fully saturated rings. The fourth-order valence-electron chi connectivity index (χ4n) is 5.14. The van der Waals surface area contributed by atoms with E-state index in [9.17, 15) is 26.7 Å². The highest BCUT2D eigenvalue weighted by Gasteiger charge is 2.51. The van der Waals surface area contributed by atoms with Crippen LogP contribution in [0.1, 0.15) is 32.8 Å². The Hall–Kier alpha value is -1.83. The van der Waals surface area contributed by atoms with Crippen molar-refractivity contribution in [2.45, 2.75) is 50.6 Å². The molecule has 2 heterocycles. The van der Waals surface area contributed by atoms with E-state index in [1.165, 1.54) is 22.5 Å². The number of rotatable bonds is 6. The third-order valence-electron chi connectivity index (χ3n) is 7.31. The van der Waals surface area contributed by atoms with Crippen LogP contribution in [0.2, 0.25) is 0 Å². The first-order valence-corrected chi connectivity index (χ1v) is 14.4. The predicted octanol–water partition coefficient (Wildman–Crippen LogP) is 3.60. The van der Waals surface area contributed by atoms with Gasteiger partial charge in [0.25, 0.3) is 0 Å². The number of morpholine rings is 1. The van der Waals surface area contributed by atoms with Gasteiger partial charge in [0.05, 0.1) is 23.2 Å². The molecular weight excluding hydrogens is 539 g/mol. The van der Waals surface area contributed by atoms with Crippen molar-refractivity contribution in [3.05, 3.63) is 53.0 Å². The van der Waals surface area contributed by atoms with E-state index >= 15 is 0 Å². The minimum atomic E-state index is -4.82. The fourth-order valence-corrected chi connectivity index (χ4v) is 7.21. The summed E-state index contributed by atoms with van der Waals surface area (Å²) in [6.45, 7) is 7.95. The van der Waals surface area contributed by atoms with Crippen LogP contribution in [0.5, 0.6) is 0 Å². The zero-order valence-electron chi connectivity index (χ0n) is 21.7. The molecule has 210 valence electrons. The lowest BCUT2D eigenvalue weighted by atomic mass is 9.95. The van der Waals surface area contributed by atoms with Gasteiger partial charge in [0.15, 0.2) is 5.60 Å². The van der Waals surface area contributed by atoms with Crippen LogP contribution < -0.4 is 4.90 Å². The highest BCUT2D eigenvalue weighted by Crippen LogP contribution is 2.39. The van der Waals surface area contributed by atoms with Gasteiger partial charge in [-0.2, -0.15) is 17.5 Å². The summed E-state index contributed by atoms with van der Waals surface area (Å²) in [5.41, 5.74) is -2.92. The van der Waals surface area contributed by atoms with Gasteiger partial charge in [0.2, 0.25) is 10.0 Å². The molecule has 4 rings (SSSR count). The van der Waals surface area contributed by atoms with Gasteiger partial charge in [-0.05, 0) is 44.5 Å². The second-order valence-electron chi connectivity index (χ2n) is 10.8. The average molecular weight is 574 g/mol. The number of aliphatic hydroxyl groups is 1. The number of sulfonamides is 1. The summed E-state index contributed by atoms with van der Waals surface area (Å²) in [4.78, 5) is 4.80. The van der Waals surface area contributed by atoms with Gasteiger partial charge < -0.3 is 14.7 Å². The fraction of sp³-hybridized carbons (Fsp3) is 0.577. The topological polar surface area (TPSA) is 73.3 Å². The van der Waals surface area contributed by atoms with Crippen molar-refractivity contribution in [3.8, 4) is 0 Å². The monoisotopic (exact) mass is 573 g/mol. The number of benzene rings is 1. The Balaban J connectivity index is 1.61. The molecule has 1 aliphatic carbocycles. The van der Waals surface area contributed by atoms with E-state index in [2.05, 4.69) is 4.90 Å². The summed E-state index contributed by atoms with van der Waals surface area (Å²) >= 11 is 5.34. The van der Waals surface area contributed by atoms with Crippen LogP contribution in [0.25, 0.3) is 0 Å². The van der Waals surface area contributed by atoms with Gasteiger partial charge >= 0.3 is 6.18 Å². The van der Waals surface area contributed by atoms with Crippen molar-refractivity contribution in [2.75, 3.05) is 50.8 Å². The van der Waals surface area contributed by atoms with E-state index in [4.69, 9.17) is 17.0 Å². The molecule has 38 heavy (non-hydrogen) atoms. The van der Waals surface area contributed by atoms with E-state index < -0.39 is 21.8 Å². The highest BCUT2D eigenvalue weighted by atomic mass is 32.2. The van der Waals surface area contributed by atoms with Crippen molar-refractivity contribution < 1.29 is 31.4 Å². The lowest BCUT2D eigenvalue weighted by Gasteiger charge is -2.46. The largest absolute Gasteiger partial charge is 0.421 e. The number of halogens is 3. The Morgan fingerprint density at radius 1 is 1.16 bits per heavy atom. The third kappa shape index (κ3) is 6.00. The molecule has 7 nitrogen and oxygen atoms in total. The molecule has 12 heteroatoms. The number of nitrogens with zero attached hydrogens (tertiary/aromatic N) is 3. The van der Waals surface area contributed by atoms with Crippen LogP contribution >= 0.6 is 12.2 Å². The first-order chi connectivity index (χ1) is 17.6. The summed E-state index contributed by atoms with van der Waals surface area (Å²) in [6, 6.07) is 5.39. The molecule has 2 atom stereocenters. The number of hydrogen-bond donors (Lipinski definition) is 1. The van der Waals surface area contributed by atoms with Crippen LogP contribution in [-0.4, -0.2) is 91.3 Å². The summed E-state index contributed by atoms with van der Waals surface area (Å²) in [5.74, 6) is 0. The van der Waals surface area contributed by atoms with Gasteiger partial charge in [-0.25, -0.2) is 8.42 Å². The van der Waals surface area contributed by atoms with Crippen LogP contribution in [0.4, 0.5) is 18.9 Å². The van der Waals surface area contributed by atoms with Crippen LogP contribution in [0.3, 0.4) is 0 Å². The molecule has 0 bridgehead atoms. The van der Waals surface area contributed by atoms with Crippen molar-refractivity contribution in [1.82, 2.24) is 9.21 Å². The van der Waals surface area contributed by atoms with Crippen molar-refractivity contribution in [2.24, 2.45) is 0 Å². The standard InChI is InChI=1S/C26H34F3N3O4S2/c1-24(2)18-30(14-15-36-24)16-21-17-31(38(34,35)23-7-5-4-6-22(23)37)12-13-32(21)20-10-8-19(9-11-20)25(3,33)26(27,28)29/h4-5,7-11,21,33H,6,12-18H2,1-3H3/t21-,25+/m1/s1. The first kappa shape index (κ1) is 29.2. The number of thiocarbonyl (C=S) groups is 1. The summed E-state index contributed by atoms with van der Waals surface area (Å²) < 4.78 is 74.4. The maximum Gasteiger partial charge on any atom is 0.421 e. The zero-order chi connectivity index (χ0) is 27.9. The number of alkyl halides is 3. The van der Waals surface area contributed by atoms with E-state index in [1.807, 2.05) is 24.8 Å². The number of anilines is 1. The second kappa shape index (κ2) is 10.6. The van der Waals surface area contributed by atoms with Gasteiger partial charge in [-0.3, -0.25) is 4.90 Å². The molecule has 1 N–H and O–H groups in total. The van der Waals surface area contributed by atoms with Crippen LogP contribution in [-0.2, 0) is 20.4 Å². The summed E-state index contributed by atoms with van der Waals surface area (Å²) in [6.07, 6.45) is 0.647. The predicted molar refractivity (Wildman–Crippen MR) is 145 cm³/mol. The maximum atomic E-state index is 13.5. The van der Waals surface area contributed by atoms with Gasteiger partial charge in [0.1, 0.15) is 0 Å². The molecule has 2 saturated heterocycles. The second-order valence-corrected chi connectivity index (χ2v) is 13.2. The van der Waals surface area contributed by atoms with Gasteiger partial charge in [-0.15, -0.1) is 0 Å². The Morgan fingerprint density at radius 3 is 2.45 bits per heavy atom. The summed E-state index contributed by atoms with van der Waals surface area (Å²) in [7, 11) is -3.80. The Labute approximate surface area is 227 Å². The Morgan fingerprint density at radius 2 is 1.84 bits per heavy atom. The normalized spacial score (nSPS) is 25.2. The summed E-state index contributed by atoms with van der Waals surface area (Å²) in [5, 5.41) is 10.1. The highest BCUT2D eigenvalue weighted by molar-refractivity contribution is 7.96. The molecule has 0 saturated carbocycles. The molecule has 1 aromatic carbocycles. The molecular formula is C26H34F3N3O4S2. The van der Waals surface area contributed by atoms with Crippen LogP contribution in [0.15, 0.2) is 47.4 Å². The minimum absolute atomic E-state index is 0.147. The first-order valence-electron chi connectivity index (χ1n) is 12.5. The Bertz CT molecular complexity index is 1210. The smallest absolute Gasteiger partial charge is 0.376 e. The Kier molecular flexibility index (Phi) is 8.15. The van der Waals surface area contributed by atoms with E-state index in [-0.39, 0.29) is 35.2 Å². The third-order valence-corrected chi connectivity index (χ3v) is 9.78. The van der Waals surface area contributed by atoms with E-state index in [1.54, 1.807) is 18.2 Å². The van der Waals surface area contributed by atoms with Gasteiger partial charge in [0, 0.05) is 56.2 Å². The average Bonchev–Trinajstić information content (AvgIpc) is 2.83. The molecule has 0 radical (unpaired) electrons. The molecule has 0 spiro atoms. The number of ether oxygens (including phenoxy) is 1. The lowest BCUT2D eigenvalue weighted by Crippen LogP contribution is -2.60. The molecule has 0 unspecified atom stereocenters. The maximum absolute atomic E-state index is 13.5. The lowest BCUT2D eigenvalue weighted by molar-refractivity contribution is -0.258. The molecule has 1 aromatic rings. The van der Waals surface area contributed by atoms with Crippen molar-refractivity contribution in [1.29, 1.82) is 0 Å². The molecule has 0 amide bonds. The minimum Gasteiger partial charge on any atom is -0.376 e. The SMILES string of the molecule is CC1(C)CN(C[C@@H]2CN(S(=O)(=O)C3=CC=CCC3=S)CCN2c2ccc([C@](C)(O)C(F)(F)F)cc2)CCO1. The number of piperazine rings is 1. The van der Waals surface area contributed by atoms with Gasteiger partial charge in [-0.1, -0.05) is 36.5 Å². The van der Waals surface area contributed by atoms with Crippen LogP contribution in [0, 0.1) is 0 Å². The van der Waals surface area contributed by atoms with E-state index in [0.29, 0.717) is 49.8 Å². The quantitative estimate of drug-likeness (QED) is 0.522. The number of allylic oxidation sites excluding steroid dienone is 4. The zero-order valence-corrected chi connectivity index (χ0v) is 23.4. The molecule has 2 aliphatic heterocycles. The number of hydrogen-bond acceptors (Lipinski definition) is 7. The van der Waals surface area contributed by atoms with E-state index in [0.717, 1.165) is 6.92 Å². The molecule has 0 aromatic heterocycles.